The topological polar surface area (TPSA) is 96.0 Å². The summed E-state index contributed by atoms with van der Waals surface area (Å²) in [5.41, 5.74) is 3.66. The van der Waals surface area contributed by atoms with Crippen molar-refractivity contribution in [3.05, 3.63) is 89.0 Å². The summed E-state index contributed by atoms with van der Waals surface area (Å²) in [4.78, 5) is 28.0. The number of nitrogens with zero attached hydrogens (tertiary/aromatic N) is 2. The molecule has 1 N–H and O–H groups in total. The first kappa shape index (κ1) is 26.4. The van der Waals surface area contributed by atoms with Gasteiger partial charge in [0.1, 0.15) is 5.75 Å². The van der Waals surface area contributed by atoms with Crippen molar-refractivity contribution in [1.82, 2.24) is 9.62 Å². The number of para-hydroxylation sites is 2. The molecule has 0 aliphatic carbocycles. The van der Waals surface area contributed by atoms with Crippen molar-refractivity contribution in [2.75, 3.05) is 25.0 Å². The number of aryl methyl sites for hydroxylation is 3. The Balaban J connectivity index is 1.53. The van der Waals surface area contributed by atoms with Crippen molar-refractivity contribution >= 4 is 27.5 Å². The van der Waals surface area contributed by atoms with Gasteiger partial charge in [-0.05, 0) is 49.6 Å². The zero-order chi connectivity index (χ0) is 26.7. The molecule has 2 amide bonds. The number of likely N-dealkylation sites (N-methyl/N-ethyl adjacent to an activating group) is 1. The number of amides is 2. The van der Waals surface area contributed by atoms with Crippen LogP contribution < -0.4 is 15.0 Å². The van der Waals surface area contributed by atoms with Crippen molar-refractivity contribution < 1.29 is 22.7 Å². The van der Waals surface area contributed by atoms with Gasteiger partial charge >= 0.3 is 0 Å². The summed E-state index contributed by atoms with van der Waals surface area (Å²) in [6.45, 7) is 5.31. The summed E-state index contributed by atoms with van der Waals surface area (Å²) in [5.74, 6) is -0.425. The molecule has 3 aromatic carbocycles. The Labute approximate surface area is 217 Å². The minimum absolute atomic E-state index is 0.0348. The summed E-state index contributed by atoms with van der Waals surface area (Å²) < 4.78 is 33.8. The molecule has 0 spiro atoms. The van der Waals surface area contributed by atoms with E-state index in [4.69, 9.17) is 4.74 Å². The standard InChI is InChI=1S/C28H31N3O5S/c1-19-14-20(2)27(21(3)15-19)37(34,35)30(4)18-26(32)31-17-25(36-24-13-9-8-12-23(24)31)28(33)29-16-22-10-6-5-7-11-22/h5-15,25H,16-18H2,1-4H3,(H,29,33). The molecule has 1 atom stereocenters. The number of hydrogen-bond donors (Lipinski definition) is 1. The van der Waals surface area contributed by atoms with Crippen LogP contribution in [0.5, 0.6) is 5.75 Å². The number of hydrogen-bond acceptors (Lipinski definition) is 5. The molecular weight excluding hydrogens is 490 g/mol. The third-order valence-corrected chi connectivity index (χ3v) is 8.42. The van der Waals surface area contributed by atoms with Gasteiger partial charge in [-0.25, -0.2) is 8.42 Å². The number of sulfonamides is 1. The maximum atomic E-state index is 13.5. The Hall–Kier alpha value is -3.69. The Morgan fingerprint density at radius 1 is 1.00 bits per heavy atom. The monoisotopic (exact) mass is 521 g/mol. The lowest BCUT2D eigenvalue weighted by Crippen LogP contribution is -2.52. The lowest BCUT2D eigenvalue weighted by Gasteiger charge is -2.35. The summed E-state index contributed by atoms with van der Waals surface area (Å²) in [6, 6.07) is 20.0. The van der Waals surface area contributed by atoms with Crippen LogP contribution in [-0.4, -0.2) is 50.8 Å². The van der Waals surface area contributed by atoms with Crippen LogP contribution in [-0.2, 0) is 26.2 Å². The second-order valence-electron chi connectivity index (χ2n) is 9.27. The second-order valence-corrected chi connectivity index (χ2v) is 11.3. The van der Waals surface area contributed by atoms with Crippen LogP contribution >= 0.6 is 0 Å². The van der Waals surface area contributed by atoms with Gasteiger partial charge in [-0.15, -0.1) is 0 Å². The van der Waals surface area contributed by atoms with Gasteiger partial charge in [-0.2, -0.15) is 4.31 Å². The van der Waals surface area contributed by atoms with Gasteiger partial charge in [0.25, 0.3) is 5.91 Å². The van der Waals surface area contributed by atoms with E-state index in [0.717, 1.165) is 15.4 Å². The minimum Gasteiger partial charge on any atom is -0.477 e. The molecule has 194 valence electrons. The summed E-state index contributed by atoms with van der Waals surface area (Å²) in [7, 11) is -2.53. The third kappa shape index (κ3) is 5.68. The van der Waals surface area contributed by atoms with Crippen LogP contribution in [0.4, 0.5) is 5.69 Å². The predicted octanol–water partition coefficient (Wildman–Crippen LogP) is 3.34. The SMILES string of the molecule is Cc1cc(C)c(S(=O)(=O)N(C)CC(=O)N2CC(C(=O)NCc3ccccc3)Oc3ccccc32)c(C)c1. The zero-order valence-corrected chi connectivity index (χ0v) is 22.2. The molecule has 1 aliphatic rings. The lowest BCUT2D eigenvalue weighted by atomic mass is 10.1. The van der Waals surface area contributed by atoms with Crippen LogP contribution in [0.25, 0.3) is 0 Å². The largest absolute Gasteiger partial charge is 0.477 e. The Morgan fingerprint density at radius 3 is 2.30 bits per heavy atom. The quantitative estimate of drug-likeness (QED) is 0.515. The number of ether oxygens (including phenoxy) is 1. The van der Waals surface area contributed by atoms with Crippen LogP contribution in [0.1, 0.15) is 22.3 Å². The zero-order valence-electron chi connectivity index (χ0n) is 21.4. The highest BCUT2D eigenvalue weighted by Gasteiger charge is 2.35. The van der Waals surface area contributed by atoms with Gasteiger partial charge in [0.05, 0.1) is 23.7 Å². The van der Waals surface area contributed by atoms with Gasteiger partial charge < -0.3 is 15.0 Å². The van der Waals surface area contributed by atoms with Crippen molar-refractivity contribution in [3.63, 3.8) is 0 Å². The molecule has 0 radical (unpaired) electrons. The second kappa shape index (κ2) is 10.7. The number of nitrogens with one attached hydrogen (secondary N) is 1. The van der Waals surface area contributed by atoms with Gasteiger partial charge in [-0.1, -0.05) is 60.2 Å². The fraction of sp³-hybridized carbons (Fsp3) is 0.286. The smallest absolute Gasteiger partial charge is 0.263 e. The van der Waals surface area contributed by atoms with Crippen LogP contribution in [0.15, 0.2) is 71.6 Å². The average molecular weight is 522 g/mol. The number of benzene rings is 3. The van der Waals surface area contributed by atoms with E-state index in [0.29, 0.717) is 29.1 Å². The van der Waals surface area contributed by atoms with E-state index >= 15 is 0 Å². The predicted molar refractivity (Wildman–Crippen MR) is 142 cm³/mol. The molecule has 0 aromatic heterocycles. The highest BCUT2D eigenvalue weighted by Crippen LogP contribution is 2.33. The van der Waals surface area contributed by atoms with Gasteiger partial charge in [0, 0.05) is 13.6 Å². The van der Waals surface area contributed by atoms with Crippen LogP contribution in [0, 0.1) is 20.8 Å². The molecule has 1 aliphatic heterocycles. The van der Waals surface area contributed by atoms with Gasteiger partial charge in [0.2, 0.25) is 15.9 Å². The van der Waals surface area contributed by atoms with Gasteiger partial charge in [-0.3, -0.25) is 9.59 Å². The third-order valence-electron chi connectivity index (χ3n) is 6.31. The molecule has 8 nitrogen and oxygen atoms in total. The maximum absolute atomic E-state index is 13.5. The van der Waals surface area contributed by atoms with Crippen molar-refractivity contribution in [2.45, 2.75) is 38.3 Å². The van der Waals surface area contributed by atoms with E-state index in [1.807, 2.05) is 49.4 Å². The van der Waals surface area contributed by atoms with Crippen LogP contribution in [0.2, 0.25) is 0 Å². The fourth-order valence-electron chi connectivity index (χ4n) is 4.60. The van der Waals surface area contributed by atoms with Gasteiger partial charge in [0.15, 0.2) is 6.10 Å². The molecule has 4 rings (SSSR count). The summed E-state index contributed by atoms with van der Waals surface area (Å²) in [5, 5.41) is 2.85. The molecule has 3 aromatic rings. The van der Waals surface area contributed by atoms with Crippen molar-refractivity contribution in [1.29, 1.82) is 0 Å². The van der Waals surface area contributed by atoms with Crippen molar-refractivity contribution in [2.24, 2.45) is 0 Å². The van der Waals surface area contributed by atoms with E-state index in [1.165, 1.54) is 11.9 Å². The first-order valence-electron chi connectivity index (χ1n) is 12.0. The number of carbonyl (C=O) groups excluding carboxylic acids is 2. The summed E-state index contributed by atoms with van der Waals surface area (Å²) in [6.07, 6.45) is -0.939. The Morgan fingerprint density at radius 2 is 1.62 bits per heavy atom. The molecule has 0 saturated carbocycles. The lowest BCUT2D eigenvalue weighted by molar-refractivity contribution is -0.128. The first-order chi connectivity index (χ1) is 17.6. The fourth-order valence-corrected chi connectivity index (χ4v) is 6.12. The molecule has 1 heterocycles. The number of fused-ring (bicyclic) bond motifs is 1. The Kier molecular flexibility index (Phi) is 7.65. The van der Waals surface area contributed by atoms with E-state index in [1.54, 1.807) is 38.1 Å². The van der Waals surface area contributed by atoms with Crippen molar-refractivity contribution in [3.8, 4) is 5.75 Å². The molecular formula is C28H31N3O5S. The molecule has 1 unspecified atom stereocenters. The molecule has 0 saturated heterocycles. The first-order valence-corrected chi connectivity index (χ1v) is 13.4. The van der Waals surface area contributed by atoms with E-state index < -0.39 is 22.0 Å². The van der Waals surface area contributed by atoms with Crippen LogP contribution in [0.3, 0.4) is 0 Å². The Bertz CT molecular complexity index is 1400. The number of rotatable bonds is 7. The van der Waals surface area contributed by atoms with E-state index in [-0.39, 0.29) is 23.9 Å². The summed E-state index contributed by atoms with van der Waals surface area (Å²) >= 11 is 0. The molecule has 0 fully saturated rings. The molecule has 37 heavy (non-hydrogen) atoms. The average Bonchev–Trinajstić information content (AvgIpc) is 2.86. The minimum atomic E-state index is -3.92. The number of anilines is 1. The maximum Gasteiger partial charge on any atom is 0.263 e. The van der Waals surface area contributed by atoms with E-state index in [9.17, 15) is 18.0 Å². The number of carbonyl (C=O) groups is 2. The molecule has 9 heteroatoms. The van der Waals surface area contributed by atoms with E-state index in [2.05, 4.69) is 5.32 Å². The normalized spacial score (nSPS) is 15.2. The highest BCUT2D eigenvalue weighted by atomic mass is 32.2. The highest BCUT2D eigenvalue weighted by molar-refractivity contribution is 7.89. The molecule has 0 bridgehead atoms.